The number of methoxy groups -OCH3 is 1. The average molecular weight is 317 g/mol. The van der Waals surface area contributed by atoms with E-state index in [9.17, 15) is 9.59 Å². The van der Waals surface area contributed by atoms with Crippen LogP contribution >= 0.6 is 0 Å². The molecule has 2 fully saturated rings. The molecule has 1 atom stereocenters. The fraction of sp³-hybridized carbons (Fsp3) is 0.556. The number of carbonyl (C=O) groups is 2. The summed E-state index contributed by atoms with van der Waals surface area (Å²) in [6.45, 7) is 1.96. The van der Waals surface area contributed by atoms with Crippen LogP contribution in [-0.4, -0.2) is 24.6 Å². The molecule has 1 amide bonds. The summed E-state index contributed by atoms with van der Waals surface area (Å²) in [4.78, 5) is 24.6. The molecule has 1 aromatic carbocycles. The summed E-state index contributed by atoms with van der Waals surface area (Å²) < 4.78 is 10.9. The number of anilines is 1. The van der Waals surface area contributed by atoms with Gasteiger partial charge in [0.05, 0.1) is 25.1 Å². The van der Waals surface area contributed by atoms with E-state index in [1.54, 1.807) is 7.11 Å². The highest BCUT2D eigenvalue weighted by Gasteiger charge is 2.52. The van der Waals surface area contributed by atoms with E-state index >= 15 is 0 Å². The molecule has 3 rings (SSSR count). The fourth-order valence-corrected chi connectivity index (χ4v) is 3.76. The van der Waals surface area contributed by atoms with Gasteiger partial charge >= 0.3 is 5.97 Å². The first-order chi connectivity index (χ1) is 11.0. The minimum absolute atomic E-state index is 0.151. The largest absolute Gasteiger partial charge is 0.495 e. The predicted octanol–water partition coefficient (Wildman–Crippen LogP) is 3.21. The lowest BCUT2D eigenvalue weighted by Crippen LogP contribution is -2.43. The molecule has 1 aliphatic carbocycles. The van der Waals surface area contributed by atoms with Crippen molar-refractivity contribution in [2.45, 2.75) is 51.0 Å². The fourth-order valence-electron chi connectivity index (χ4n) is 3.76. The summed E-state index contributed by atoms with van der Waals surface area (Å²) >= 11 is 0. The normalized spacial score (nSPS) is 22.7. The van der Waals surface area contributed by atoms with Crippen LogP contribution in [0.4, 0.5) is 5.69 Å². The van der Waals surface area contributed by atoms with E-state index in [1.807, 2.05) is 25.1 Å². The molecule has 1 saturated heterocycles. The molecule has 0 radical (unpaired) electrons. The van der Waals surface area contributed by atoms with Crippen LogP contribution in [0.1, 0.15) is 44.1 Å². The maximum absolute atomic E-state index is 12.8. The van der Waals surface area contributed by atoms with Crippen molar-refractivity contribution in [1.82, 2.24) is 0 Å². The Morgan fingerprint density at radius 1 is 1.30 bits per heavy atom. The van der Waals surface area contributed by atoms with E-state index in [2.05, 4.69) is 5.32 Å². The minimum Gasteiger partial charge on any atom is -0.495 e. The Hall–Kier alpha value is -2.04. The Bertz CT molecular complexity index is 619. The highest BCUT2D eigenvalue weighted by atomic mass is 16.6. The number of esters is 1. The molecule has 1 aliphatic heterocycles. The number of hydrogen-bond acceptors (Lipinski definition) is 4. The third-order valence-electron chi connectivity index (χ3n) is 4.95. The lowest BCUT2D eigenvalue weighted by Gasteiger charge is -2.36. The van der Waals surface area contributed by atoms with Crippen LogP contribution in [-0.2, 0) is 14.3 Å². The van der Waals surface area contributed by atoms with Gasteiger partial charge < -0.3 is 14.8 Å². The molecule has 5 heteroatoms. The summed E-state index contributed by atoms with van der Waals surface area (Å²) in [5, 5.41) is 2.94. The van der Waals surface area contributed by atoms with Crippen LogP contribution in [0.3, 0.4) is 0 Å². The lowest BCUT2D eigenvalue weighted by atomic mass is 9.75. The van der Waals surface area contributed by atoms with Crippen molar-refractivity contribution in [2.24, 2.45) is 5.92 Å². The van der Waals surface area contributed by atoms with Gasteiger partial charge in [-0.2, -0.15) is 0 Å². The molecule has 2 aliphatic rings. The topological polar surface area (TPSA) is 64.6 Å². The number of nitrogens with one attached hydrogen (secondary N) is 1. The van der Waals surface area contributed by atoms with Crippen molar-refractivity contribution >= 4 is 17.6 Å². The summed E-state index contributed by atoms with van der Waals surface area (Å²) in [5.41, 5.74) is 1.08. The van der Waals surface area contributed by atoms with Crippen molar-refractivity contribution in [3.05, 3.63) is 23.8 Å². The highest BCUT2D eigenvalue weighted by molar-refractivity contribution is 5.98. The monoisotopic (exact) mass is 317 g/mol. The Labute approximate surface area is 136 Å². The molecule has 1 N–H and O–H groups in total. The maximum Gasteiger partial charge on any atom is 0.307 e. The van der Waals surface area contributed by atoms with Crippen molar-refractivity contribution < 1.29 is 19.1 Å². The number of ether oxygens (including phenoxy) is 2. The third-order valence-corrected chi connectivity index (χ3v) is 4.95. The van der Waals surface area contributed by atoms with Gasteiger partial charge in [-0.1, -0.05) is 12.5 Å². The van der Waals surface area contributed by atoms with Gasteiger partial charge in [0, 0.05) is 0 Å². The second-order valence-corrected chi connectivity index (χ2v) is 6.55. The first-order valence-electron chi connectivity index (χ1n) is 8.21. The summed E-state index contributed by atoms with van der Waals surface area (Å²) in [7, 11) is 1.57. The zero-order valence-corrected chi connectivity index (χ0v) is 13.7. The zero-order chi connectivity index (χ0) is 16.4. The first-order valence-corrected chi connectivity index (χ1v) is 8.21. The van der Waals surface area contributed by atoms with Crippen LogP contribution in [0.2, 0.25) is 0 Å². The van der Waals surface area contributed by atoms with E-state index in [0.29, 0.717) is 11.4 Å². The second-order valence-electron chi connectivity index (χ2n) is 6.55. The van der Waals surface area contributed by atoms with Gasteiger partial charge in [-0.05, 0) is 50.3 Å². The molecule has 5 nitrogen and oxygen atoms in total. The molecule has 1 heterocycles. The maximum atomic E-state index is 12.8. The Kier molecular flexibility index (Phi) is 4.28. The van der Waals surface area contributed by atoms with Crippen LogP contribution in [0.25, 0.3) is 0 Å². The van der Waals surface area contributed by atoms with E-state index in [0.717, 1.165) is 37.7 Å². The van der Waals surface area contributed by atoms with E-state index in [-0.39, 0.29) is 18.3 Å². The number of rotatable bonds is 3. The van der Waals surface area contributed by atoms with Gasteiger partial charge in [0.15, 0.2) is 0 Å². The van der Waals surface area contributed by atoms with Gasteiger partial charge in [-0.3, -0.25) is 9.59 Å². The van der Waals surface area contributed by atoms with Crippen molar-refractivity contribution in [3.63, 3.8) is 0 Å². The van der Waals surface area contributed by atoms with Crippen LogP contribution in [0.5, 0.6) is 5.75 Å². The SMILES string of the molecule is COc1ccc(C)cc1NC(=O)[C@H]1CC(=O)OC12CCCCC2. The number of amides is 1. The zero-order valence-electron chi connectivity index (χ0n) is 13.7. The number of carbonyl (C=O) groups excluding carboxylic acids is 2. The van der Waals surface area contributed by atoms with Gasteiger partial charge in [0.25, 0.3) is 0 Å². The number of hydrogen-bond donors (Lipinski definition) is 1. The van der Waals surface area contributed by atoms with Gasteiger partial charge in [0.2, 0.25) is 5.91 Å². The van der Waals surface area contributed by atoms with Crippen LogP contribution in [0.15, 0.2) is 18.2 Å². The van der Waals surface area contributed by atoms with Gasteiger partial charge in [-0.15, -0.1) is 0 Å². The molecular weight excluding hydrogens is 294 g/mol. The van der Waals surface area contributed by atoms with Gasteiger partial charge in [-0.25, -0.2) is 0 Å². The Morgan fingerprint density at radius 2 is 2.04 bits per heavy atom. The Balaban J connectivity index is 1.82. The molecule has 1 spiro atoms. The molecule has 0 bridgehead atoms. The van der Waals surface area contributed by atoms with E-state index in [4.69, 9.17) is 9.47 Å². The third kappa shape index (κ3) is 3.05. The van der Waals surface area contributed by atoms with Crippen LogP contribution < -0.4 is 10.1 Å². The lowest BCUT2D eigenvalue weighted by molar-refractivity contribution is -0.153. The standard InChI is InChI=1S/C18H23NO4/c1-12-6-7-15(22-2)14(10-12)19-17(21)13-11-16(20)23-18(13)8-4-3-5-9-18/h6-7,10,13H,3-5,8-9,11H2,1-2H3,(H,19,21)/t13-/m1/s1. The quantitative estimate of drug-likeness (QED) is 0.870. The summed E-state index contributed by atoms with van der Waals surface area (Å²) in [5.74, 6) is -0.211. The molecule has 23 heavy (non-hydrogen) atoms. The predicted molar refractivity (Wildman–Crippen MR) is 86.4 cm³/mol. The highest BCUT2D eigenvalue weighted by Crippen LogP contribution is 2.44. The summed E-state index contributed by atoms with van der Waals surface area (Å²) in [6, 6.07) is 5.64. The second kappa shape index (κ2) is 6.22. The van der Waals surface area contributed by atoms with Crippen molar-refractivity contribution in [2.75, 3.05) is 12.4 Å². The molecule has 124 valence electrons. The average Bonchev–Trinajstić information content (AvgIpc) is 2.84. The molecule has 1 aromatic rings. The van der Waals surface area contributed by atoms with Crippen LogP contribution in [0, 0.1) is 12.8 Å². The smallest absolute Gasteiger partial charge is 0.307 e. The van der Waals surface area contributed by atoms with Gasteiger partial charge in [0.1, 0.15) is 11.4 Å². The summed E-state index contributed by atoms with van der Waals surface area (Å²) in [6.07, 6.45) is 4.87. The minimum atomic E-state index is -0.601. The molecule has 0 unspecified atom stereocenters. The molecule has 1 saturated carbocycles. The van der Waals surface area contributed by atoms with E-state index in [1.165, 1.54) is 0 Å². The number of benzene rings is 1. The molecular formula is C18H23NO4. The molecule has 0 aromatic heterocycles. The number of aryl methyl sites for hydroxylation is 1. The van der Waals surface area contributed by atoms with Crippen molar-refractivity contribution in [3.8, 4) is 5.75 Å². The Morgan fingerprint density at radius 3 is 2.74 bits per heavy atom. The first kappa shape index (κ1) is 15.8. The van der Waals surface area contributed by atoms with Crippen molar-refractivity contribution in [1.29, 1.82) is 0 Å². The van der Waals surface area contributed by atoms with E-state index < -0.39 is 11.5 Å².